The highest BCUT2D eigenvalue weighted by atomic mass is 16.6. The monoisotopic (exact) mass is 363 g/mol. The zero-order valence-electron chi connectivity index (χ0n) is 14.9. The number of carbonyl (C=O) groups is 3. The third-order valence-electron chi connectivity index (χ3n) is 3.34. The van der Waals surface area contributed by atoms with Crippen molar-refractivity contribution < 1.29 is 28.6 Å². The summed E-state index contributed by atoms with van der Waals surface area (Å²) in [5.74, 6) is -1.18. The molecule has 1 unspecified atom stereocenters. The second kappa shape index (κ2) is 8.84. The lowest BCUT2D eigenvalue weighted by atomic mass is 10.2. The molecule has 1 heterocycles. The lowest BCUT2D eigenvalue weighted by Gasteiger charge is -2.29. The Kier molecular flexibility index (Phi) is 6.54. The Morgan fingerprint density at radius 1 is 0.923 bits per heavy atom. The number of hydrogen-bond donors (Lipinski definition) is 0. The number of esters is 1. The minimum Gasteiger partial charge on any atom is -0.460 e. The summed E-state index contributed by atoms with van der Waals surface area (Å²) in [6, 6.07) is 8.75. The molecule has 1 aliphatic rings. The predicted octanol–water partition coefficient (Wildman–Crippen LogP) is 2.49. The maximum absolute atomic E-state index is 12.5. The van der Waals surface area contributed by atoms with Crippen molar-refractivity contribution in [3.63, 3.8) is 0 Å². The summed E-state index contributed by atoms with van der Waals surface area (Å²) in [6.07, 6.45) is -2.72. The van der Waals surface area contributed by atoms with E-state index in [1.807, 2.05) is 0 Å². The molecule has 2 amide bonds. The summed E-state index contributed by atoms with van der Waals surface area (Å²) >= 11 is 0. The van der Waals surface area contributed by atoms with Gasteiger partial charge in [0, 0.05) is 0 Å². The number of amidine groups is 1. The van der Waals surface area contributed by atoms with Gasteiger partial charge in [-0.05, 0) is 26.3 Å². The molecule has 0 saturated heterocycles. The number of benzene rings is 1. The van der Waals surface area contributed by atoms with Crippen molar-refractivity contribution in [2.75, 3.05) is 19.8 Å². The number of ether oxygens (including phenoxy) is 3. The molecule has 0 aromatic heterocycles. The van der Waals surface area contributed by atoms with Crippen LogP contribution in [0.4, 0.5) is 9.59 Å². The molecule has 0 radical (unpaired) electrons. The molecule has 0 N–H and O–H groups in total. The van der Waals surface area contributed by atoms with Crippen LogP contribution in [0.2, 0.25) is 0 Å². The molecule has 9 nitrogen and oxygen atoms in total. The molecular weight excluding hydrogens is 342 g/mol. The number of nitrogens with zero attached hydrogens (tertiary/aromatic N) is 3. The van der Waals surface area contributed by atoms with Crippen molar-refractivity contribution >= 4 is 24.0 Å². The Hall–Kier alpha value is -3.10. The highest BCUT2D eigenvalue weighted by molar-refractivity contribution is 6.38. The summed E-state index contributed by atoms with van der Waals surface area (Å²) in [5.41, 5.74) is 0.592. The van der Waals surface area contributed by atoms with Crippen LogP contribution in [0.15, 0.2) is 35.3 Å². The molecule has 2 rings (SSSR count). The summed E-state index contributed by atoms with van der Waals surface area (Å²) in [7, 11) is 0. The summed E-state index contributed by atoms with van der Waals surface area (Å²) in [5, 5.41) is 1.71. The van der Waals surface area contributed by atoms with Crippen LogP contribution in [0.1, 0.15) is 32.5 Å². The second-order valence-corrected chi connectivity index (χ2v) is 5.01. The van der Waals surface area contributed by atoms with Crippen molar-refractivity contribution in [2.24, 2.45) is 4.99 Å². The molecule has 0 saturated carbocycles. The zero-order valence-corrected chi connectivity index (χ0v) is 14.9. The van der Waals surface area contributed by atoms with Gasteiger partial charge in [-0.25, -0.2) is 19.4 Å². The van der Waals surface area contributed by atoms with Crippen molar-refractivity contribution in [2.45, 2.75) is 26.9 Å². The standard InChI is InChI=1S/C17H21N3O6/c1-4-24-15(21)14-18-13(12-10-8-7-9-11-12)19(16(22)25-5-2)20(14)17(23)26-6-3/h7-11,13H,4-6H2,1-3H3. The molecule has 1 atom stereocenters. The number of hydrogen-bond acceptors (Lipinski definition) is 7. The molecule has 0 aliphatic carbocycles. The van der Waals surface area contributed by atoms with E-state index in [9.17, 15) is 14.4 Å². The lowest BCUT2D eigenvalue weighted by Crippen LogP contribution is -2.51. The van der Waals surface area contributed by atoms with Gasteiger partial charge in [-0.15, -0.1) is 0 Å². The highest BCUT2D eigenvalue weighted by Crippen LogP contribution is 2.31. The van der Waals surface area contributed by atoms with E-state index in [4.69, 9.17) is 14.2 Å². The van der Waals surface area contributed by atoms with Crippen LogP contribution in [-0.2, 0) is 19.0 Å². The van der Waals surface area contributed by atoms with Crippen molar-refractivity contribution in [1.29, 1.82) is 0 Å². The van der Waals surface area contributed by atoms with Gasteiger partial charge < -0.3 is 14.2 Å². The molecular formula is C17H21N3O6. The molecule has 0 spiro atoms. The van der Waals surface area contributed by atoms with Gasteiger partial charge in [0.25, 0.3) is 0 Å². The van der Waals surface area contributed by atoms with Gasteiger partial charge in [-0.2, -0.15) is 10.0 Å². The SMILES string of the molecule is CCOC(=O)C1=NC(c2ccccc2)N(C(=O)OCC)N1C(=O)OCC. The highest BCUT2D eigenvalue weighted by Gasteiger charge is 2.47. The Morgan fingerprint density at radius 3 is 2.08 bits per heavy atom. The smallest absolute Gasteiger partial charge is 0.435 e. The molecule has 1 aromatic carbocycles. The number of rotatable bonds is 5. The predicted molar refractivity (Wildman–Crippen MR) is 91.0 cm³/mol. The molecule has 9 heteroatoms. The van der Waals surface area contributed by atoms with Crippen LogP contribution >= 0.6 is 0 Å². The van der Waals surface area contributed by atoms with E-state index < -0.39 is 24.3 Å². The van der Waals surface area contributed by atoms with E-state index in [0.29, 0.717) is 5.56 Å². The fourth-order valence-electron chi connectivity index (χ4n) is 2.34. The van der Waals surface area contributed by atoms with E-state index in [2.05, 4.69) is 4.99 Å². The van der Waals surface area contributed by atoms with Gasteiger partial charge in [0.05, 0.1) is 19.8 Å². The van der Waals surface area contributed by atoms with Crippen LogP contribution < -0.4 is 0 Å². The number of hydrazine groups is 1. The first-order chi connectivity index (χ1) is 12.5. The molecule has 1 aliphatic heterocycles. The average Bonchev–Trinajstić information content (AvgIpc) is 3.04. The van der Waals surface area contributed by atoms with Crippen molar-refractivity contribution in [3.05, 3.63) is 35.9 Å². The summed E-state index contributed by atoms with van der Waals surface area (Å²) < 4.78 is 15.0. The van der Waals surface area contributed by atoms with E-state index in [1.54, 1.807) is 51.1 Å². The maximum atomic E-state index is 12.5. The number of amides is 2. The average molecular weight is 363 g/mol. The number of carbonyl (C=O) groups excluding carboxylic acids is 3. The number of aliphatic imine (C=N–C) groups is 1. The Labute approximate surface area is 151 Å². The van der Waals surface area contributed by atoms with Gasteiger partial charge in [-0.3, -0.25) is 0 Å². The molecule has 140 valence electrons. The van der Waals surface area contributed by atoms with Crippen LogP contribution in [0.3, 0.4) is 0 Å². The second-order valence-electron chi connectivity index (χ2n) is 5.01. The first kappa shape index (κ1) is 19.2. The summed E-state index contributed by atoms with van der Waals surface area (Å²) in [4.78, 5) is 41.5. The van der Waals surface area contributed by atoms with Crippen molar-refractivity contribution in [1.82, 2.24) is 10.0 Å². The van der Waals surface area contributed by atoms with E-state index in [0.717, 1.165) is 10.0 Å². The van der Waals surface area contributed by atoms with Gasteiger partial charge >= 0.3 is 18.2 Å². The minimum absolute atomic E-state index is 0.0537. The van der Waals surface area contributed by atoms with Crippen LogP contribution in [0.25, 0.3) is 0 Å². The maximum Gasteiger partial charge on any atom is 0.435 e. The molecule has 0 bridgehead atoms. The van der Waals surface area contributed by atoms with Gasteiger partial charge in [0.15, 0.2) is 6.17 Å². The first-order valence-electron chi connectivity index (χ1n) is 8.27. The Bertz CT molecular complexity index is 691. The van der Waals surface area contributed by atoms with Crippen LogP contribution in [0.5, 0.6) is 0 Å². The topological polar surface area (TPSA) is 97.7 Å². The fraction of sp³-hybridized carbons (Fsp3) is 0.412. The molecule has 26 heavy (non-hydrogen) atoms. The minimum atomic E-state index is -0.959. The summed E-state index contributed by atoms with van der Waals surface area (Å²) in [6.45, 7) is 5.09. The van der Waals surface area contributed by atoms with Gasteiger partial charge in [0.1, 0.15) is 0 Å². The fourth-order valence-corrected chi connectivity index (χ4v) is 2.34. The van der Waals surface area contributed by atoms with Gasteiger partial charge in [-0.1, -0.05) is 30.3 Å². The van der Waals surface area contributed by atoms with Crippen LogP contribution in [-0.4, -0.2) is 53.8 Å². The quantitative estimate of drug-likeness (QED) is 0.589. The van der Waals surface area contributed by atoms with Crippen LogP contribution in [0, 0.1) is 0 Å². The third-order valence-corrected chi connectivity index (χ3v) is 3.34. The van der Waals surface area contributed by atoms with E-state index >= 15 is 0 Å². The Balaban J connectivity index is 2.51. The van der Waals surface area contributed by atoms with E-state index in [1.165, 1.54) is 0 Å². The first-order valence-corrected chi connectivity index (χ1v) is 8.27. The third kappa shape index (κ3) is 3.93. The lowest BCUT2D eigenvalue weighted by molar-refractivity contribution is -0.136. The normalized spacial score (nSPS) is 16.1. The molecule has 1 aromatic rings. The van der Waals surface area contributed by atoms with Gasteiger partial charge in [0.2, 0.25) is 5.84 Å². The molecule has 0 fully saturated rings. The largest absolute Gasteiger partial charge is 0.460 e. The van der Waals surface area contributed by atoms with E-state index in [-0.39, 0.29) is 25.7 Å². The Morgan fingerprint density at radius 2 is 1.50 bits per heavy atom. The zero-order chi connectivity index (χ0) is 19.1. The van der Waals surface area contributed by atoms with Crippen molar-refractivity contribution in [3.8, 4) is 0 Å².